The van der Waals surface area contributed by atoms with Crippen LogP contribution in [-0.4, -0.2) is 59.4 Å². The number of piperidine rings is 1. The number of imidazole rings is 1. The number of anilines is 1. The monoisotopic (exact) mass is 571 g/mol. The molecular weight excluding hydrogens is 530 g/mol. The second kappa shape index (κ2) is 9.95. The number of ether oxygens (including phenoxy) is 1. The van der Waals surface area contributed by atoms with Crippen LogP contribution < -0.4 is 16.7 Å². The average Bonchev–Trinajstić information content (AvgIpc) is 3.18. The van der Waals surface area contributed by atoms with Gasteiger partial charge in [0.2, 0.25) is 23.5 Å². The van der Waals surface area contributed by atoms with Gasteiger partial charge in [0.15, 0.2) is 17.0 Å². The molecule has 3 N–H and O–H groups in total. The van der Waals surface area contributed by atoms with Crippen LogP contribution in [0.15, 0.2) is 4.79 Å². The third-order valence-electron chi connectivity index (χ3n) is 7.37. The maximum absolute atomic E-state index is 13.7. The largest absolute Gasteiger partial charge is 0.443 e. The van der Waals surface area contributed by atoms with Gasteiger partial charge in [0.05, 0.1) is 12.1 Å². The van der Waals surface area contributed by atoms with Gasteiger partial charge >= 0.3 is 6.09 Å². The molecule has 2 bridgehead atoms. The van der Waals surface area contributed by atoms with Gasteiger partial charge in [0.1, 0.15) is 5.60 Å². The zero-order chi connectivity index (χ0) is 30.8. The van der Waals surface area contributed by atoms with Crippen LogP contribution in [0, 0.1) is 16.7 Å². The van der Waals surface area contributed by atoms with E-state index in [4.69, 9.17) is 10.5 Å². The Hall–Kier alpha value is -3.77. The van der Waals surface area contributed by atoms with Crippen LogP contribution in [0.3, 0.4) is 0 Å². The molecule has 1 saturated carbocycles. The van der Waals surface area contributed by atoms with E-state index in [2.05, 4.69) is 15.4 Å². The molecule has 13 nitrogen and oxygen atoms in total. The highest BCUT2D eigenvalue weighted by Crippen LogP contribution is 2.42. The fourth-order valence-corrected chi connectivity index (χ4v) is 5.44. The molecule has 0 radical (unpaired) electrons. The first-order valence-corrected chi connectivity index (χ1v) is 13.9. The Labute approximate surface area is 238 Å². The molecule has 0 aromatic carbocycles. The Balaban J connectivity index is 1.92. The lowest BCUT2D eigenvalue weighted by Gasteiger charge is -2.47. The molecule has 2 fully saturated rings. The predicted octanol–water partition coefficient (Wildman–Crippen LogP) is 3.47. The minimum absolute atomic E-state index is 0.0175. The summed E-state index contributed by atoms with van der Waals surface area (Å²) in [7, 11) is 0. The van der Waals surface area contributed by atoms with E-state index in [1.165, 1.54) is 5.01 Å². The number of hydrogen-bond acceptors (Lipinski definition) is 9. The predicted molar refractivity (Wildman–Crippen MR) is 151 cm³/mol. The number of rotatable bonds is 3. The SMILES string of the molecule is CC(C)(C)OC(=O)NN1C(=O)C[C@@H]2CC[C@@H](n3c(C(=O)C(C)(C)C)nc4c(=O)n(C(=O)C(C)(C)C)c(N)nc43)[C@H]1C2. The maximum atomic E-state index is 13.7. The van der Waals surface area contributed by atoms with E-state index < -0.39 is 46.1 Å². The Kier molecular flexibility index (Phi) is 7.33. The zero-order valence-corrected chi connectivity index (χ0v) is 25.3. The molecule has 1 saturated heterocycles. The first-order chi connectivity index (χ1) is 18.7. The van der Waals surface area contributed by atoms with Crippen molar-refractivity contribution in [3.05, 3.63) is 16.2 Å². The number of carbonyl (C=O) groups is 4. The van der Waals surface area contributed by atoms with Crippen molar-refractivity contribution in [3.8, 4) is 0 Å². The van der Waals surface area contributed by atoms with Crippen molar-refractivity contribution in [2.45, 2.75) is 106 Å². The second-order valence-corrected chi connectivity index (χ2v) is 14.1. The first kappa shape index (κ1) is 30.2. The van der Waals surface area contributed by atoms with Crippen molar-refractivity contribution in [3.63, 3.8) is 0 Å². The van der Waals surface area contributed by atoms with Crippen molar-refractivity contribution < 1.29 is 23.9 Å². The fourth-order valence-electron chi connectivity index (χ4n) is 5.44. The van der Waals surface area contributed by atoms with Gasteiger partial charge in [0, 0.05) is 17.3 Å². The lowest BCUT2D eigenvalue weighted by Crippen LogP contribution is -2.60. The Morgan fingerprint density at radius 2 is 1.56 bits per heavy atom. The van der Waals surface area contributed by atoms with Crippen LogP contribution in [0.2, 0.25) is 0 Å². The van der Waals surface area contributed by atoms with E-state index in [0.717, 1.165) is 4.57 Å². The molecule has 41 heavy (non-hydrogen) atoms. The number of fused-ring (bicyclic) bond motifs is 3. The van der Waals surface area contributed by atoms with Crippen molar-refractivity contribution in [2.24, 2.45) is 16.7 Å². The third-order valence-corrected chi connectivity index (χ3v) is 7.37. The van der Waals surface area contributed by atoms with Crippen molar-refractivity contribution in [1.82, 2.24) is 29.5 Å². The molecule has 2 amide bonds. The molecule has 3 atom stereocenters. The Bertz CT molecular complexity index is 1480. The van der Waals surface area contributed by atoms with Crippen molar-refractivity contribution in [1.29, 1.82) is 0 Å². The van der Waals surface area contributed by atoms with Crippen LogP contribution in [0.5, 0.6) is 0 Å². The molecule has 2 aromatic rings. The molecule has 1 aliphatic carbocycles. The summed E-state index contributed by atoms with van der Waals surface area (Å²) in [5.41, 5.74) is 5.33. The van der Waals surface area contributed by atoms with E-state index in [9.17, 15) is 24.0 Å². The smallest absolute Gasteiger partial charge is 0.426 e. The number of aromatic nitrogens is 4. The van der Waals surface area contributed by atoms with Gasteiger partial charge in [-0.15, -0.1) is 0 Å². The minimum Gasteiger partial charge on any atom is -0.443 e. The molecule has 2 aliphatic rings. The summed E-state index contributed by atoms with van der Waals surface area (Å²) in [4.78, 5) is 75.4. The molecule has 13 heteroatoms. The van der Waals surface area contributed by atoms with Gasteiger partial charge < -0.3 is 15.0 Å². The van der Waals surface area contributed by atoms with Gasteiger partial charge in [-0.2, -0.15) is 4.98 Å². The van der Waals surface area contributed by atoms with Crippen LogP contribution in [0.1, 0.15) is 109 Å². The minimum atomic E-state index is -0.936. The van der Waals surface area contributed by atoms with Crippen molar-refractivity contribution >= 4 is 40.8 Å². The van der Waals surface area contributed by atoms with Crippen LogP contribution in [0.4, 0.5) is 10.7 Å². The summed E-state index contributed by atoms with van der Waals surface area (Å²) in [6.45, 7) is 15.3. The van der Waals surface area contributed by atoms with Gasteiger partial charge in [-0.05, 0) is 46.0 Å². The number of nitrogen functional groups attached to an aromatic ring is 1. The van der Waals surface area contributed by atoms with Gasteiger partial charge in [-0.25, -0.2) is 24.8 Å². The summed E-state index contributed by atoms with van der Waals surface area (Å²) < 4.78 is 7.77. The van der Waals surface area contributed by atoms with Gasteiger partial charge in [0.25, 0.3) is 5.56 Å². The number of nitrogens with two attached hydrogens (primary N) is 1. The first-order valence-electron chi connectivity index (χ1n) is 13.9. The molecule has 4 rings (SSSR count). The molecule has 0 unspecified atom stereocenters. The number of Topliss-reactive ketones (excluding diaryl/α,β-unsaturated/α-hetero) is 1. The van der Waals surface area contributed by atoms with E-state index >= 15 is 0 Å². The Morgan fingerprint density at radius 3 is 2.12 bits per heavy atom. The normalized spacial score (nSPS) is 21.6. The third kappa shape index (κ3) is 5.71. The standard InChI is InChI=1S/C28H41N7O6/c1-26(2,3)19(37)21-30-18-20(31-24(29)34(22(18)38)23(39)27(4,5)6)33(21)15-11-10-14-12-16(15)35(17(36)13-14)32-25(40)41-28(7,8)9/h14-16H,10-13H2,1-9H3,(H2,29,31)(H,32,40)/t14-,15-,16-/m1/s1. The molecule has 3 heterocycles. The van der Waals surface area contributed by atoms with E-state index in [1.807, 2.05) is 0 Å². The van der Waals surface area contributed by atoms with Crippen LogP contribution >= 0.6 is 0 Å². The molecule has 1 aliphatic heterocycles. The number of hydrazine groups is 1. The number of ketones is 1. The van der Waals surface area contributed by atoms with E-state index in [-0.39, 0.29) is 47.0 Å². The number of amides is 2. The van der Waals surface area contributed by atoms with Gasteiger partial charge in [-0.1, -0.05) is 41.5 Å². The highest BCUT2D eigenvalue weighted by Gasteiger charge is 2.46. The molecule has 224 valence electrons. The fraction of sp³-hybridized carbons (Fsp3) is 0.679. The summed E-state index contributed by atoms with van der Waals surface area (Å²) in [6.07, 6.45) is 1.25. The summed E-state index contributed by atoms with van der Waals surface area (Å²) in [6, 6.07) is -1.15. The van der Waals surface area contributed by atoms with E-state index in [0.29, 0.717) is 19.3 Å². The van der Waals surface area contributed by atoms with Crippen molar-refractivity contribution in [2.75, 3.05) is 5.73 Å². The topological polar surface area (TPSA) is 172 Å². The van der Waals surface area contributed by atoms with Crippen LogP contribution in [-0.2, 0) is 9.53 Å². The number of carbonyl (C=O) groups excluding carboxylic acids is 4. The second-order valence-electron chi connectivity index (χ2n) is 14.1. The lowest BCUT2D eigenvalue weighted by atomic mass is 9.77. The highest BCUT2D eigenvalue weighted by atomic mass is 16.6. The molecular formula is C28H41N7O6. The molecule has 2 aromatic heterocycles. The Morgan fingerprint density at radius 1 is 0.927 bits per heavy atom. The summed E-state index contributed by atoms with van der Waals surface area (Å²) in [5.74, 6) is -1.43. The maximum Gasteiger partial charge on any atom is 0.426 e. The average molecular weight is 572 g/mol. The summed E-state index contributed by atoms with van der Waals surface area (Å²) >= 11 is 0. The van der Waals surface area contributed by atoms with E-state index in [1.54, 1.807) is 66.9 Å². The van der Waals surface area contributed by atoms with Crippen LogP contribution in [0.25, 0.3) is 11.2 Å². The lowest BCUT2D eigenvalue weighted by molar-refractivity contribution is -0.147. The zero-order valence-electron chi connectivity index (χ0n) is 25.3. The number of nitrogens with zero attached hydrogens (tertiary/aromatic N) is 5. The molecule has 0 spiro atoms. The summed E-state index contributed by atoms with van der Waals surface area (Å²) in [5, 5.41) is 1.28. The number of hydrogen-bond donors (Lipinski definition) is 2. The van der Waals surface area contributed by atoms with Gasteiger partial charge in [-0.3, -0.25) is 19.2 Å². The quantitative estimate of drug-likeness (QED) is 0.523. The number of nitrogens with one attached hydrogen (secondary N) is 1. The highest BCUT2D eigenvalue weighted by molar-refractivity contribution is 6.00.